The van der Waals surface area contributed by atoms with Crippen molar-refractivity contribution in [1.82, 2.24) is 4.72 Å². The Morgan fingerprint density at radius 2 is 2.07 bits per heavy atom. The zero-order valence-electron chi connectivity index (χ0n) is 8.40. The number of rotatable bonds is 3. The molecule has 0 unspecified atom stereocenters. The van der Waals surface area contributed by atoms with Gasteiger partial charge in [0.15, 0.2) is 0 Å². The summed E-state index contributed by atoms with van der Waals surface area (Å²) in [6.45, 7) is 1.76. The fourth-order valence-electron chi connectivity index (χ4n) is 0.997. The third-order valence-electron chi connectivity index (χ3n) is 1.88. The quantitative estimate of drug-likeness (QED) is 0.796. The van der Waals surface area contributed by atoms with E-state index in [1.807, 2.05) is 6.07 Å². The number of nitrogens with zero attached hydrogens (tertiary/aromatic N) is 1. The molecule has 0 spiro atoms. The van der Waals surface area contributed by atoms with Crippen LogP contribution in [-0.2, 0) is 10.2 Å². The first-order chi connectivity index (χ1) is 6.98. The molecule has 0 radical (unpaired) electrons. The van der Waals surface area contributed by atoms with Crippen LogP contribution in [-0.4, -0.2) is 15.5 Å². The predicted molar refractivity (Wildman–Crippen MR) is 57.5 cm³/mol. The number of nitriles is 1. The normalized spacial score (nSPS) is 10.7. The highest BCUT2D eigenvalue weighted by Crippen LogP contribution is 2.17. The van der Waals surface area contributed by atoms with Crippen LogP contribution in [0, 0.1) is 18.3 Å². The minimum atomic E-state index is -3.53. The van der Waals surface area contributed by atoms with Crippen molar-refractivity contribution in [2.45, 2.75) is 6.92 Å². The lowest BCUT2D eigenvalue weighted by atomic mass is 10.1. The Hall–Kier alpha value is -1.58. The van der Waals surface area contributed by atoms with E-state index < -0.39 is 10.2 Å². The number of nitrogens with one attached hydrogen (secondary N) is 2. The largest absolute Gasteiger partial charge is 0.298 e. The van der Waals surface area contributed by atoms with E-state index in [1.54, 1.807) is 19.1 Å². The topological polar surface area (TPSA) is 82.0 Å². The molecule has 0 fully saturated rings. The molecule has 0 aliphatic rings. The van der Waals surface area contributed by atoms with Gasteiger partial charge in [0.05, 0.1) is 17.3 Å². The average molecular weight is 225 g/mol. The molecule has 0 aliphatic carbocycles. The van der Waals surface area contributed by atoms with Crippen molar-refractivity contribution in [3.8, 4) is 6.07 Å². The summed E-state index contributed by atoms with van der Waals surface area (Å²) in [6.07, 6.45) is 0. The van der Waals surface area contributed by atoms with Crippen molar-refractivity contribution in [2.75, 3.05) is 11.8 Å². The SMILES string of the molecule is CNS(=O)(=O)Nc1cc(C#N)ccc1C. The summed E-state index contributed by atoms with van der Waals surface area (Å²) >= 11 is 0. The summed E-state index contributed by atoms with van der Waals surface area (Å²) < 4.78 is 26.9. The summed E-state index contributed by atoms with van der Waals surface area (Å²) in [5, 5.41) is 8.67. The smallest absolute Gasteiger partial charge is 0.271 e. The molecule has 0 heterocycles. The Morgan fingerprint density at radius 1 is 1.40 bits per heavy atom. The van der Waals surface area contributed by atoms with Gasteiger partial charge in [0.2, 0.25) is 0 Å². The molecule has 1 rings (SSSR count). The summed E-state index contributed by atoms with van der Waals surface area (Å²) in [7, 11) is -2.22. The van der Waals surface area contributed by atoms with Crippen molar-refractivity contribution in [2.24, 2.45) is 0 Å². The van der Waals surface area contributed by atoms with Crippen LogP contribution in [0.3, 0.4) is 0 Å². The number of hydrogen-bond donors (Lipinski definition) is 2. The van der Waals surface area contributed by atoms with Crippen LogP contribution in [0.25, 0.3) is 0 Å². The molecular formula is C9H11N3O2S. The highest BCUT2D eigenvalue weighted by atomic mass is 32.2. The first-order valence-corrected chi connectivity index (χ1v) is 5.69. The van der Waals surface area contributed by atoms with E-state index in [9.17, 15) is 8.42 Å². The first kappa shape index (κ1) is 11.5. The van der Waals surface area contributed by atoms with Crippen molar-refractivity contribution >= 4 is 15.9 Å². The van der Waals surface area contributed by atoms with Gasteiger partial charge in [0.1, 0.15) is 0 Å². The zero-order chi connectivity index (χ0) is 11.5. The molecular weight excluding hydrogens is 214 g/mol. The molecule has 5 nitrogen and oxygen atoms in total. The predicted octanol–water partition coefficient (Wildman–Crippen LogP) is 0.743. The van der Waals surface area contributed by atoms with Crippen LogP contribution in [0.15, 0.2) is 18.2 Å². The summed E-state index contributed by atoms with van der Waals surface area (Å²) in [5.74, 6) is 0. The zero-order valence-corrected chi connectivity index (χ0v) is 9.22. The Balaban J connectivity index is 3.10. The van der Waals surface area contributed by atoms with Gasteiger partial charge in [-0.25, -0.2) is 4.72 Å². The van der Waals surface area contributed by atoms with Crippen molar-refractivity contribution < 1.29 is 8.42 Å². The lowest BCUT2D eigenvalue weighted by molar-refractivity contribution is 0.593. The molecule has 0 aliphatic heterocycles. The van der Waals surface area contributed by atoms with Gasteiger partial charge in [0, 0.05) is 7.05 Å². The van der Waals surface area contributed by atoms with Crippen LogP contribution in [0.2, 0.25) is 0 Å². The molecule has 0 saturated carbocycles. The van der Waals surface area contributed by atoms with Crippen molar-refractivity contribution in [3.63, 3.8) is 0 Å². The Bertz CT molecular complexity index is 503. The van der Waals surface area contributed by atoms with Gasteiger partial charge in [-0.1, -0.05) is 6.07 Å². The molecule has 0 saturated heterocycles. The van der Waals surface area contributed by atoms with E-state index in [4.69, 9.17) is 5.26 Å². The van der Waals surface area contributed by atoms with Gasteiger partial charge in [-0.05, 0) is 24.6 Å². The van der Waals surface area contributed by atoms with E-state index in [0.29, 0.717) is 11.3 Å². The minimum absolute atomic E-state index is 0.406. The van der Waals surface area contributed by atoms with E-state index in [2.05, 4.69) is 9.44 Å². The lowest BCUT2D eigenvalue weighted by Gasteiger charge is -2.09. The second-order valence-electron chi connectivity index (χ2n) is 2.95. The van der Waals surface area contributed by atoms with E-state index in [-0.39, 0.29) is 0 Å². The van der Waals surface area contributed by atoms with E-state index in [1.165, 1.54) is 13.1 Å². The average Bonchev–Trinajstić information content (AvgIpc) is 2.21. The maximum atomic E-state index is 11.2. The van der Waals surface area contributed by atoms with Gasteiger partial charge in [-0.2, -0.15) is 13.7 Å². The minimum Gasteiger partial charge on any atom is -0.271 e. The monoisotopic (exact) mass is 225 g/mol. The van der Waals surface area contributed by atoms with Crippen LogP contribution in [0.1, 0.15) is 11.1 Å². The molecule has 0 aromatic heterocycles. The third-order valence-corrected chi connectivity index (χ3v) is 2.91. The van der Waals surface area contributed by atoms with E-state index in [0.717, 1.165) is 5.56 Å². The number of benzene rings is 1. The van der Waals surface area contributed by atoms with Gasteiger partial charge < -0.3 is 0 Å². The Kier molecular flexibility index (Phi) is 3.29. The van der Waals surface area contributed by atoms with Gasteiger partial charge in [-0.3, -0.25) is 4.72 Å². The van der Waals surface area contributed by atoms with Crippen LogP contribution in [0.4, 0.5) is 5.69 Å². The fraction of sp³-hybridized carbons (Fsp3) is 0.222. The Labute approximate surface area is 88.9 Å². The molecule has 6 heteroatoms. The number of aryl methyl sites for hydroxylation is 1. The van der Waals surface area contributed by atoms with Crippen LogP contribution >= 0.6 is 0 Å². The maximum absolute atomic E-state index is 11.2. The maximum Gasteiger partial charge on any atom is 0.298 e. The third kappa shape index (κ3) is 2.94. The lowest BCUT2D eigenvalue weighted by Crippen LogP contribution is -2.26. The summed E-state index contributed by atoms with van der Waals surface area (Å²) in [5.41, 5.74) is 1.57. The van der Waals surface area contributed by atoms with Crippen molar-refractivity contribution in [1.29, 1.82) is 5.26 Å². The molecule has 0 bridgehead atoms. The molecule has 1 aromatic carbocycles. The summed E-state index contributed by atoms with van der Waals surface area (Å²) in [4.78, 5) is 0. The number of anilines is 1. The van der Waals surface area contributed by atoms with Gasteiger partial charge in [-0.15, -0.1) is 0 Å². The fourth-order valence-corrected chi connectivity index (χ4v) is 1.61. The van der Waals surface area contributed by atoms with Gasteiger partial charge >= 0.3 is 0 Å². The van der Waals surface area contributed by atoms with Gasteiger partial charge in [0.25, 0.3) is 10.2 Å². The Morgan fingerprint density at radius 3 is 2.60 bits per heavy atom. The summed E-state index contributed by atoms with van der Waals surface area (Å²) in [6, 6.07) is 6.75. The molecule has 2 N–H and O–H groups in total. The highest BCUT2D eigenvalue weighted by molar-refractivity contribution is 7.90. The highest BCUT2D eigenvalue weighted by Gasteiger charge is 2.08. The van der Waals surface area contributed by atoms with Crippen LogP contribution in [0.5, 0.6) is 0 Å². The molecule has 1 aromatic rings. The van der Waals surface area contributed by atoms with Crippen molar-refractivity contribution in [3.05, 3.63) is 29.3 Å². The number of hydrogen-bond acceptors (Lipinski definition) is 3. The molecule has 15 heavy (non-hydrogen) atoms. The first-order valence-electron chi connectivity index (χ1n) is 4.20. The molecule has 0 amide bonds. The second kappa shape index (κ2) is 4.29. The molecule has 80 valence electrons. The second-order valence-corrected chi connectivity index (χ2v) is 4.57. The van der Waals surface area contributed by atoms with Crippen LogP contribution < -0.4 is 9.44 Å². The van der Waals surface area contributed by atoms with E-state index >= 15 is 0 Å². The standard InChI is InChI=1S/C9H11N3O2S/c1-7-3-4-8(6-10)5-9(7)12-15(13,14)11-2/h3-5,11-12H,1-2H3. The molecule has 0 atom stereocenters.